The van der Waals surface area contributed by atoms with E-state index in [1.807, 2.05) is 79.7 Å². The molecule has 0 saturated heterocycles. The molecule has 0 saturated carbocycles. The maximum atomic E-state index is 12.7. The number of benzene rings is 3. The highest BCUT2D eigenvalue weighted by atomic mass is 16.2. The first-order valence-electron chi connectivity index (χ1n) is 9.78. The maximum absolute atomic E-state index is 12.7. The zero-order valence-electron chi connectivity index (χ0n) is 16.7. The molecule has 0 atom stereocenters. The van der Waals surface area contributed by atoms with Crippen LogP contribution in [0.4, 0.5) is 11.4 Å². The van der Waals surface area contributed by atoms with Crippen molar-refractivity contribution in [1.82, 2.24) is 15.0 Å². The van der Waals surface area contributed by atoms with Gasteiger partial charge in [-0.25, -0.2) is 4.98 Å². The van der Waals surface area contributed by atoms with Gasteiger partial charge in [0, 0.05) is 13.0 Å². The van der Waals surface area contributed by atoms with E-state index < -0.39 is 0 Å². The van der Waals surface area contributed by atoms with Crippen LogP contribution < -0.4 is 16.0 Å². The van der Waals surface area contributed by atoms with Gasteiger partial charge in [-0.05, 0) is 42.8 Å². The molecule has 1 heterocycles. The van der Waals surface area contributed by atoms with E-state index in [1.54, 1.807) is 11.1 Å². The third kappa shape index (κ3) is 4.07. The fraction of sp³-hybridized carbons (Fsp3) is 0.125. The van der Waals surface area contributed by atoms with Crippen LogP contribution in [0.15, 0.2) is 90.0 Å². The van der Waals surface area contributed by atoms with Crippen LogP contribution in [-0.4, -0.2) is 15.5 Å². The fourth-order valence-corrected chi connectivity index (χ4v) is 3.33. The van der Waals surface area contributed by atoms with Crippen LogP contribution in [0.1, 0.15) is 12.0 Å². The topological polar surface area (TPSA) is 67.2 Å². The summed E-state index contributed by atoms with van der Waals surface area (Å²) < 4.78 is 1.48. The summed E-state index contributed by atoms with van der Waals surface area (Å²) in [6.07, 6.45) is 1.66. The highest BCUT2D eigenvalue weighted by Crippen LogP contribution is 2.22. The van der Waals surface area contributed by atoms with E-state index in [0.29, 0.717) is 10.9 Å². The first kappa shape index (κ1) is 19.4. The summed E-state index contributed by atoms with van der Waals surface area (Å²) >= 11 is 0. The first-order chi connectivity index (χ1) is 14.6. The fourth-order valence-electron chi connectivity index (χ4n) is 3.33. The second-order valence-corrected chi connectivity index (χ2v) is 7.01. The van der Waals surface area contributed by atoms with Crippen LogP contribution >= 0.6 is 0 Å². The Balaban J connectivity index is 1.51. The number of fused-ring (bicyclic) bond motifs is 1. The molecular weight excluding hydrogens is 376 g/mol. The number of hydrogen-bond acceptors (Lipinski definition) is 4. The largest absolute Gasteiger partial charge is 0.298 e. The number of aryl methyl sites for hydroxylation is 2. The Bertz CT molecular complexity index is 1180. The summed E-state index contributed by atoms with van der Waals surface area (Å²) in [6.45, 7) is 2.17. The number of anilines is 2. The van der Waals surface area contributed by atoms with E-state index in [1.165, 1.54) is 10.9 Å². The molecule has 1 N–H and O–H groups in total. The third-order valence-electron chi connectivity index (χ3n) is 4.90. The van der Waals surface area contributed by atoms with Gasteiger partial charge >= 0.3 is 0 Å². The monoisotopic (exact) mass is 398 g/mol. The number of nitrogens with one attached hydrogen (secondary N) is 1. The molecule has 4 rings (SSSR count). The zero-order valence-corrected chi connectivity index (χ0v) is 16.7. The quantitative estimate of drug-likeness (QED) is 0.499. The minimum absolute atomic E-state index is 0.139. The molecular formula is C24H22N4O2. The molecule has 1 aromatic heterocycles. The molecule has 0 aliphatic heterocycles. The lowest BCUT2D eigenvalue weighted by Gasteiger charge is -2.25. The van der Waals surface area contributed by atoms with Gasteiger partial charge in [-0.2, -0.15) is 0 Å². The van der Waals surface area contributed by atoms with Crippen molar-refractivity contribution in [2.24, 2.45) is 0 Å². The summed E-state index contributed by atoms with van der Waals surface area (Å²) in [7, 11) is 0. The predicted molar refractivity (Wildman–Crippen MR) is 119 cm³/mol. The van der Waals surface area contributed by atoms with Crippen molar-refractivity contribution in [2.45, 2.75) is 19.9 Å². The van der Waals surface area contributed by atoms with E-state index in [9.17, 15) is 9.59 Å². The average Bonchev–Trinajstić information content (AvgIpc) is 2.79. The molecule has 6 heteroatoms. The molecule has 0 bridgehead atoms. The first-order valence-corrected chi connectivity index (χ1v) is 9.78. The molecule has 0 aliphatic rings. The SMILES string of the molecule is Cc1cccc2c(=O)n(CCC(=O)NN(c3ccccc3)c3ccccc3)cnc12. The van der Waals surface area contributed by atoms with Crippen molar-refractivity contribution in [3.05, 3.63) is 101 Å². The van der Waals surface area contributed by atoms with Gasteiger partial charge in [-0.3, -0.25) is 24.6 Å². The second-order valence-electron chi connectivity index (χ2n) is 7.01. The second kappa shape index (κ2) is 8.61. The van der Waals surface area contributed by atoms with Crippen LogP contribution in [0.2, 0.25) is 0 Å². The van der Waals surface area contributed by atoms with Gasteiger partial charge in [0.25, 0.3) is 5.56 Å². The molecule has 0 fully saturated rings. The lowest BCUT2D eigenvalue weighted by molar-refractivity contribution is -0.121. The summed E-state index contributed by atoms with van der Waals surface area (Å²) in [4.78, 5) is 29.8. The number of hydrogen-bond donors (Lipinski definition) is 1. The number of aromatic nitrogens is 2. The standard InChI is InChI=1S/C24H22N4O2/c1-18-9-8-14-21-23(18)25-17-27(24(21)30)16-15-22(29)26-28(19-10-4-2-5-11-19)20-12-6-3-7-13-20/h2-14,17H,15-16H2,1H3,(H,26,29). The number of carbonyl (C=O) groups excluding carboxylic acids is 1. The number of rotatable bonds is 6. The third-order valence-corrected chi connectivity index (χ3v) is 4.90. The summed E-state index contributed by atoms with van der Waals surface area (Å²) in [5.41, 5.74) is 6.15. The van der Waals surface area contributed by atoms with Crippen molar-refractivity contribution < 1.29 is 4.79 Å². The van der Waals surface area contributed by atoms with E-state index in [4.69, 9.17) is 0 Å². The number of para-hydroxylation sites is 3. The van der Waals surface area contributed by atoms with Crippen molar-refractivity contribution >= 4 is 28.2 Å². The Labute approximate surface area is 174 Å². The van der Waals surface area contributed by atoms with Gasteiger partial charge in [0.1, 0.15) is 0 Å². The molecule has 0 aliphatic carbocycles. The Kier molecular flexibility index (Phi) is 5.57. The molecule has 150 valence electrons. The van der Waals surface area contributed by atoms with Crippen molar-refractivity contribution in [3.63, 3.8) is 0 Å². The predicted octanol–water partition coefficient (Wildman–Crippen LogP) is 3.96. The molecule has 6 nitrogen and oxygen atoms in total. The average molecular weight is 398 g/mol. The minimum Gasteiger partial charge on any atom is -0.298 e. The van der Waals surface area contributed by atoms with Gasteiger partial charge in [0.2, 0.25) is 5.91 Å². The van der Waals surface area contributed by atoms with Crippen molar-refractivity contribution in [1.29, 1.82) is 0 Å². The van der Waals surface area contributed by atoms with Gasteiger partial charge in [0.05, 0.1) is 28.6 Å². The van der Waals surface area contributed by atoms with E-state index in [0.717, 1.165) is 16.9 Å². The van der Waals surface area contributed by atoms with Gasteiger partial charge in [-0.15, -0.1) is 0 Å². The van der Waals surface area contributed by atoms with Gasteiger partial charge < -0.3 is 0 Å². The van der Waals surface area contributed by atoms with Crippen LogP contribution in [0.5, 0.6) is 0 Å². The Hall–Kier alpha value is -3.93. The van der Waals surface area contributed by atoms with Crippen LogP contribution in [0.25, 0.3) is 10.9 Å². The number of amides is 1. The summed E-state index contributed by atoms with van der Waals surface area (Å²) in [6, 6.07) is 24.7. The normalized spacial score (nSPS) is 10.7. The van der Waals surface area contributed by atoms with Crippen molar-refractivity contribution in [3.8, 4) is 0 Å². The molecule has 30 heavy (non-hydrogen) atoms. The highest BCUT2D eigenvalue weighted by molar-refractivity contribution is 5.81. The summed E-state index contributed by atoms with van der Waals surface area (Å²) in [5.74, 6) is -0.195. The van der Waals surface area contributed by atoms with Gasteiger partial charge in [0.15, 0.2) is 0 Å². The Morgan fingerprint density at radius 2 is 1.57 bits per heavy atom. The number of hydrazine groups is 1. The van der Waals surface area contributed by atoms with Crippen molar-refractivity contribution in [2.75, 3.05) is 5.01 Å². The van der Waals surface area contributed by atoms with Crippen LogP contribution in [0.3, 0.4) is 0 Å². The Morgan fingerprint density at radius 3 is 2.20 bits per heavy atom. The van der Waals surface area contributed by atoms with E-state index >= 15 is 0 Å². The van der Waals surface area contributed by atoms with Gasteiger partial charge in [-0.1, -0.05) is 48.5 Å². The highest BCUT2D eigenvalue weighted by Gasteiger charge is 2.13. The summed E-state index contributed by atoms with van der Waals surface area (Å²) in [5, 5.41) is 2.31. The molecule has 0 unspecified atom stereocenters. The maximum Gasteiger partial charge on any atom is 0.261 e. The number of nitrogens with zero attached hydrogens (tertiary/aromatic N) is 3. The molecule has 0 spiro atoms. The van der Waals surface area contributed by atoms with Crippen LogP contribution in [-0.2, 0) is 11.3 Å². The zero-order chi connectivity index (χ0) is 20.9. The molecule has 4 aromatic rings. The van der Waals surface area contributed by atoms with E-state index in [2.05, 4.69) is 10.4 Å². The molecule has 1 amide bonds. The Morgan fingerprint density at radius 1 is 0.933 bits per heavy atom. The lowest BCUT2D eigenvalue weighted by atomic mass is 10.1. The molecule has 0 radical (unpaired) electrons. The lowest BCUT2D eigenvalue weighted by Crippen LogP contribution is -2.39. The number of carbonyl (C=O) groups is 1. The van der Waals surface area contributed by atoms with E-state index in [-0.39, 0.29) is 24.4 Å². The smallest absolute Gasteiger partial charge is 0.261 e. The van der Waals surface area contributed by atoms with Crippen LogP contribution in [0, 0.1) is 6.92 Å². The molecule has 3 aromatic carbocycles. The minimum atomic E-state index is -0.195.